The first-order valence-electron chi connectivity index (χ1n) is 11.4. The van der Waals surface area contributed by atoms with E-state index in [1.165, 1.54) is 41.5 Å². The summed E-state index contributed by atoms with van der Waals surface area (Å²) in [5, 5.41) is 0. The van der Waals surface area contributed by atoms with Gasteiger partial charge in [-0.3, -0.25) is 19.6 Å². The molecule has 5 nitrogen and oxygen atoms in total. The number of carbonyl (C=O) groups is 1. The number of benzene rings is 1. The number of hydrogen-bond donors (Lipinski definition) is 0. The lowest BCUT2D eigenvalue weighted by molar-refractivity contribution is -0.135. The SMILES string of the molecule is Cc1ccc(-c2ccc3c(c2)CCN(CC(=O)N2CCN(C4CCC4)CC2)C3)nc1. The van der Waals surface area contributed by atoms with Crippen LogP contribution in [0.4, 0.5) is 0 Å². The molecule has 1 saturated carbocycles. The first-order valence-corrected chi connectivity index (χ1v) is 11.4. The van der Waals surface area contributed by atoms with Crippen molar-refractivity contribution in [3.05, 3.63) is 53.2 Å². The van der Waals surface area contributed by atoms with Crippen LogP contribution in [-0.2, 0) is 17.8 Å². The van der Waals surface area contributed by atoms with E-state index in [1.54, 1.807) is 0 Å². The molecule has 1 aliphatic carbocycles. The standard InChI is InChI=1S/C25H32N4O/c1-19-5-8-24(26-16-19)21-6-7-22-17-27(10-9-20(22)15-21)18-25(30)29-13-11-28(12-14-29)23-3-2-4-23/h5-8,15-16,23H,2-4,9-14,17-18H2,1H3. The fourth-order valence-corrected chi connectivity index (χ4v) is 4.92. The van der Waals surface area contributed by atoms with E-state index in [0.717, 1.165) is 57.4 Å². The van der Waals surface area contributed by atoms with Gasteiger partial charge in [-0.1, -0.05) is 24.6 Å². The Morgan fingerprint density at radius 1 is 1.03 bits per heavy atom. The number of nitrogens with zero attached hydrogens (tertiary/aromatic N) is 4. The molecule has 3 aliphatic rings. The number of carbonyl (C=O) groups excluding carboxylic acids is 1. The van der Waals surface area contributed by atoms with Gasteiger partial charge in [0.15, 0.2) is 0 Å². The molecule has 0 N–H and O–H groups in total. The molecule has 0 atom stereocenters. The molecule has 158 valence electrons. The molecular weight excluding hydrogens is 372 g/mol. The summed E-state index contributed by atoms with van der Waals surface area (Å²) in [5.41, 5.74) is 6.14. The Labute approximate surface area is 179 Å². The third-order valence-electron chi connectivity index (χ3n) is 7.12. The maximum absolute atomic E-state index is 12.9. The van der Waals surface area contributed by atoms with Gasteiger partial charge >= 0.3 is 0 Å². The van der Waals surface area contributed by atoms with Crippen LogP contribution in [0.1, 0.15) is 36.0 Å². The van der Waals surface area contributed by atoms with Crippen molar-refractivity contribution in [3.8, 4) is 11.3 Å². The molecule has 0 radical (unpaired) electrons. The summed E-state index contributed by atoms with van der Waals surface area (Å²) in [4.78, 5) is 24.4. The Bertz CT molecular complexity index is 898. The minimum Gasteiger partial charge on any atom is -0.339 e. The molecule has 5 heteroatoms. The maximum atomic E-state index is 12.9. The Hall–Kier alpha value is -2.24. The van der Waals surface area contributed by atoms with Crippen LogP contribution < -0.4 is 0 Å². The minimum atomic E-state index is 0.298. The second-order valence-electron chi connectivity index (χ2n) is 9.17. The van der Waals surface area contributed by atoms with Crippen LogP contribution in [0.3, 0.4) is 0 Å². The Kier molecular flexibility index (Phi) is 5.57. The summed E-state index contributed by atoms with van der Waals surface area (Å²) >= 11 is 0. The highest BCUT2D eigenvalue weighted by atomic mass is 16.2. The molecule has 2 aromatic rings. The zero-order chi connectivity index (χ0) is 20.5. The Balaban J connectivity index is 1.17. The predicted molar refractivity (Wildman–Crippen MR) is 119 cm³/mol. The second-order valence-corrected chi connectivity index (χ2v) is 9.17. The zero-order valence-corrected chi connectivity index (χ0v) is 18.0. The van der Waals surface area contributed by atoms with E-state index in [0.29, 0.717) is 12.5 Å². The summed E-state index contributed by atoms with van der Waals surface area (Å²) in [5.74, 6) is 0.298. The molecule has 2 aliphatic heterocycles. The van der Waals surface area contributed by atoms with Gasteiger partial charge < -0.3 is 4.90 Å². The fourth-order valence-electron chi connectivity index (χ4n) is 4.92. The van der Waals surface area contributed by atoms with Gasteiger partial charge in [-0.25, -0.2) is 0 Å². The van der Waals surface area contributed by atoms with E-state index < -0.39 is 0 Å². The van der Waals surface area contributed by atoms with Crippen LogP contribution in [-0.4, -0.2) is 70.9 Å². The molecule has 3 heterocycles. The largest absolute Gasteiger partial charge is 0.339 e. The quantitative estimate of drug-likeness (QED) is 0.785. The lowest BCUT2D eigenvalue weighted by atomic mass is 9.91. The van der Waals surface area contributed by atoms with Crippen LogP contribution in [0.5, 0.6) is 0 Å². The highest BCUT2D eigenvalue weighted by Gasteiger charge is 2.30. The average Bonchev–Trinajstić information content (AvgIpc) is 2.73. The number of aromatic nitrogens is 1. The number of hydrogen-bond acceptors (Lipinski definition) is 4. The molecule has 2 fully saturated rings. The number of rotatable bonds is 4. The summed E-state index contributed by atoms with van der Waals surface area (Å²) < 4.78 is 0. The average molecular weight is 405 g/mol. The van der Waals surface area contributed by atoms with Crippen molar-refractivity contribution in [3.63, 3.8) is 0 Å². The molecule has 1 amide bonds. The normalized spacial score (nSPS) is 20.6. The van der Waals surface area contributed by atoms with Gasteiger partial charge in [0.2, 0.25) is 5.91 Å². The van der Waals surface area contributed by atoms with Crippen LogP contribution in [0.15, 0.2) is 36.5 Å². The molecule has 1 aromatic heterocycles. The number of fused-ring (bicyclic) bond motifs is 1. The number of aryl methyl sites for hydroxylation is 1. The van der Waals surface area contributed by atoms with E-state index in [2.05, 4.69) is 56.9 Å². The highest BCUT2D eigenvalue weighted by Crippen LogP contribution is 2.27. The Morgan fingerprint density at radius 3 is 2.57 bits per heavy atom. The predicted octanol–water partition coefficient (Wildman–Crippen LogP) is 3.11. The molecular formula is C25H32N4O. The van der Waals surface area contributed by atoms with Crippen molar-refractivity contribution < 1.29 is 4.79 Å². The summed E-state index contributed by atoms with van der Waals surface area (Å²) in [6.45, 7) is 8.32. The minimum absolute atomic E-state index is 0.298. The molecule has 0 bridgehead atoms. The molecule has 30 heavy (non-hydrogen) atoms. The van der Waals surface area contributed by atoms with E-state index in [1.807, 2.05) is 6.20 Å². The smallest absolute Gasteiger partial charge is 0.236 e. The van der Waals surface area contributed by atoms with E-state index in [4.69, 9.17) is 0 Å². The zero-order valence-electron chi connectivity index (χ0n) is 18.0. The van der Waals surface area contributed by atoms with Crippen molar-refractivity contribution in [2.45, 2.75) is 45.2 Å². The van der Waals surface area contributed by atoms with E-state index in [9.17, 15) is 4.79 Å². The summed E-state index contributed by atoms with van der Waals surface area (Å²) in [6, 6.07) is 11.7. The third kappa shape index (κ3) is 4.14. The topological polar surface area (TPSA) is 39.7 Å². The first-order chi connectivity index (χ1) is 14.7. The Morgan fingerprint density at radius 2 is 1.87 bits per heavy atom. The number of pyridine rings is 1. The van der Waals surface area contributed by atoms with Gasteiger partial charge in [0.05, 0.1) is 12.2 Å². The van der Waals surface area contributed by atoms with Crippen molar-refractivity contribution in [1.29, 1.82) is 0 Å². The molecule has 1 saturated heterocycles. The molecule has 0 unspecified atom stereocenters. The van der Waals surface area contributed by atoms with Crippen molar-refractivity contribution in [2.24, 2.45) is 0 Å². The lowest BCUT2D eigenvalue weighted by Gasteiger charge is -2.43. The lowest BCUT2D eigenvalue weighted by Crippen LogP contribution is -2.55. The molecule has 0 spiro atoms. The highest BCUT2D eigenvalue weighted by molar-refractivity contribution is 5.78. The van der Waals surface area contributed by atoms with Crippen molar-refractivity contribution in [1.82, 2.24) is 19.7 Å². The summed E-state index contributed by atoms with van der Waals surface area (Å²) in [7, 11) is 0. The van der Waals surface area contributed by atoms with E-state index in [-0.39, 0.29) is 0 Å². The van der Waals surface area contributed by atoms with Gasteiger partial charge in [-0.15, -0.1) is 0 Å². The van der Waals surface area contributed by atoms with Gasteiger partial charge in [-0.2, -0.15) is 0 Å². The number of amides is 1. The second kappa shape index (κ2) is 8.48. The van der Waals surface area contributed by atoms with Crippen LogP contribution in [0.25, 0.3) is 11.3 Å². The first kappa shape index (κ1) is 19.7. The van der Waals surface area contributed by atoms with Gasteiger partial charge in [0.25, 0.3) is 0 Å². The fraction of sp³-hybridized carbons (Fsp3) is 0.520. The monoisotopic (exact) mass is 404 g/mol. The van der Waals surface area contributed by atoms with Crippen LogP contribution in [0.2, 0.25) is 0 Å². The third-order valence-corrected chi connectivity index (χ3v) is 7.12. The van der Waals surface area contributed by atoms with Crippen LogP contribution >= 0.6 is 0 Å². The van der Waals surface area contributed by atoms with Crippen molar-refractivity contribution in [2.75, 3.05) is 39.3 Å². The number of piperazine rings is 1. The van der Waals surface area contributed by atoms with Gasteiger partial charge in [0, 0.05) is 57.1 Å². The van der Waals surface area contributed by atoms with Crippen molar-refractivity contribution >= 4 is 5.91 Å². The molecule has 1 aromatic carbocycles. The van der Waals surface area contributed by atoms with E-state index >= 15 is 0 Å². The summed E-state index contributed by atoms with van der Waals surface area (Å²) in [6.07, 6.45) is 7.00. The maximum Gasteiger partial charge on any atom is 0.236 e. The van der Waals surface area contributed by atoms with Gasteiger partial charge in [-0.05, 0) is 55.0 Å². The van der Waals surface area contributed by atoms with Crippen LogP contribution in [0, 0.1) is 6.92 Å². The molecule has 5 rings (SSSR count). The van der Waals surface area contributed by atoms with Gasteiger partial charge in [0.1, 0.15) is 0 Å².